The fourth-order valence-electron chi connectivity index (χ4n) is 2.42. The Morgan fingerprint density at radius 1 is 1.32 bits per heavy atom. The molecule has 19 heavy (non-hydrogen) atoms. The summed E-state index contributed by atoms with van der Waals surface area (Å²) in [6.45, 7) is 2.47. The molecule has 0 amide bonds. The molecular formula is C14H17ClN2O2. The van der Waals surface area contributed by atoms with E-state index in [1.165, 1.54) is 0 Å². The second-order valence-corrected chi connectivity index (χ2v) is 5.09. The number of fused-ring (bicyclic) bond motifs is 1. The van der Waals surface area contributed by atoms with Gasteiger partial charge in [-0.15, -0.1) is 11.6 Å². The van der Waals surface area contributed by atoms with Crippen molar-refractivity contribution in [3.8, 4) is 0 Å². The number of rotatable bonds is 4. The number of halogens is 1. The molecule has 0 N–H and O–H groups in total. The number of anilines is 1. The van der Waals surface area contributed by atoms with Crippen LogP contribution in [0.25, 0.3) is 11.1 Å². The first kappa shape index (κ1) is 12.8. The number of ether oxygens (including phenoxy) is 1. The molecule has 0 atom stereocenters. The van der Waals surface area contributed by atoms with Gasteiger partial charge in [0, 0.05) is 19.0 Å². The molecule has 0 aliphatic carbocycles. The molecule has 0 radical (unpaired) electrons. The lowest BCUT2D eigenvalue weighted by Crippen LogP contribution is -2.37. The Bertz CT molecular complexity index is 502. The van der Waals surface area contributed by atoms with Gasteiger partial charge in [-0.25, -0.2) is 0 Å². The zero-order valence-electron chi connectivity index (χ0n) is 10.7. The lowest BCUT2D eigenvalue weighted by Gasteiger charge is -2.30. The third kappa shape index (κ3) is 2.85. The van der Waals surface area contributed by atoms with Gasteiger partial charge in [-0.05, 0) is 25.0 Å². The molecule has 1 aliphatic rings. The minimum Gasteiger partial charge on any atom is -0.423 e. The number of alkyl halides is 1. The van der Waals surface area contributed by atoms with Gasteiger partial charge >= 0.3 is 0 Å². The van der Waals surface area contributed by atoms with E-state index in [1.807, 2.05) is 24.3 Å². The predicted octanol–water partition coefficient (Wildman–Crippen LogP) is 3.05. The van der Waals surface area contributed by atoms with Gasteiger partial charge in [0.2, 0.25) is 0 Å². The number of aromatic nitrogens is 1. The van der Waals surface area contributed by atoms with Crippen LogP contribution in [0.3, 0.4) is 0 Å². The average molecular weight is 281 g/mol. The molecule has 3 rings (SSSR count). The quantitative estimate of drug-likeness (QED) is 0.807. The third-order valence-corrected chi connectivity index (χ3v) is 3.58. The van der Waals surface area contributed by atoms with Crippen LogP contribution >= 0.6 is 11.6 Å². The fraction of sp³-hybridized carbons (Fsp3) is 0.500. The van der Waals surface area contributed by atoms with E-state index in [0.717, 1.165) is 43.0 Å². The summed E-state index contributed by atoms with van der Waals surface area (Å²) >= 11 is 5.63. The topological polar surface area (TPSA) is 38.5 Å². The summed E-state index contributed by atoms with van der Waals surface area (Å²) in [7, 11) is 0. The predicted molar refractivity (Wildman–Crippen MR) is 75.9 cm³/mol. The number of benzene rings is 1. The van der Waals surface area contributed by atoms with Gasteiger partial charge in [-0.2, -0.15) is 4.98 Å². The molecule has 1 saturated heterocycles. The molecule has 0 bridgehead atoms. The van der Waals surface area contributed by atoms with Gasteiger partial charge in [-0.1, -0.05) is 12.1 Å². The van der Waals surface area contributed by atoms with E-state index in [0.29, 0.717) is 18.6 Å². The van der Waals surface area contributed by atoms with Crippen molar-refractivity contribution in [2.24, 2.45) is 0 Å². The smallest absolute Gasteiger partial charge is 0.298 e. The SMILES string of the molecule is ClCCOC1CCN(c2nc3ccccc3o2)CC1. The molecule has 5 heteroatoms. The second-order valence-electron chi connectivity index (χ2n) is 4.71. The van der Waals surface area contributed by atoms with Crippen LogP contribution in [0.5, 0.6) is 0 Å². The highest BCUT2D eigenvalue weighted by atomic mass is 35.5. The average Bonchev–Trinajstić information content (AvgIpc) is 2.89. The maximum atomic E-state index is 5.78. The first-order chi connectivity index (χ1) is 9.36. The van der Waals surface area contributed by atoms with Crippen molar-refractivity contribution in [1.29, 1.82) is 0 Å². The lowest BCUT2D eigenvalue weighted by molar-refractivity contribution is 0.0466. The van der Waals surface area contributed by atoms with Crippen molar-refractivity contribution in [3.63, 3.8) is 0 Å². The molecule has 4 nitrogen and oxygen atoms in total. The van der Waals surface area contributed by atoms with Gasteiger partial charge in [0.25, 0.3) is 6.01 Å². The van der Waals surface area contributed by atoms with Crippen molar-refractivity contribution < 1.29 is 9.15 Å². The van der Waals surface area contributed by atoms with Crippen molar-refractivity contribution in [2.75, 3.05) is 30.5 Å². The zero-order chi connectivity index (χ0) is 13.1. The standard InChI is InChI=1S/C14H17ClN2O2/c15-7-10-18-11-5-8-17(9-6-11)14-16-12-3-1-2-4-13(12)19-14/h1-4,11H,5-10H2. The molecule has 1 aliphatic heterocycles. The van der Waals surface area contributed by atoms with Crippen LogP contribution in [0.4, 0.5) is 6.01 Å². The van der Waals surface area contributed by atoms with Gasteiger partial charge in [0.05, 0.1) is 12.7 Å². The van der Waals surface area contributed by atoms with E-state index >= 15 is 0 Å². The summed E-state index contributed by atoms with van der Waals surface area (Å²) in [5.74, 6) is 0.561. The van der Waals surface area contributed by atoms with E-state index in [1.54, 1.807) is 0 Å². The van der Waals surface area contributed by atoms with Crippen molar-refractivity contribution in [1.82, 2.24) is 4.98 Å². The van der Waals surface area contributed by atoms with Crippen LogP contribution in [-0.4, -0.2) is 36.7 Å². The molecule has 0 saturated carbocycles. The Kier molecular flexibility index (Phi) is 3.89. The first-order valence-electron chi connectivity index (χ1n) is 6.65. The molecule has 1 fully saturated rings. The molecule has 0 spiro atoms. The largest absolute Gasteiger partial charge is 0.423 e. The molecule has 0 unspecified atom stereocenters. The summed E-state index contributed by atoms with van der Waals surface area (Å²) in [6.07, 6.45) is 2.31. The van der Waals surface area contributed by atoms with Gasteiger partial charge in [-0.3, -0.25) is 0 Å². The Balaban J connectivity index is 1.64. The van der Waals surface area contributed by atoms with E-state index in [2.05, 4.69) is 9.88 Å². The number of oxazole rings is 1. The molecule has 1 aromatic heterocycles. The Hall–Kier alpha value is -1.26. The van der Waals surface area contributed by atoms with E-state index < -0.39 is 0 Å². The molecule has 1 aromatic carbocycles. The van der Waals surface area contributed by atoms with Crippen LogP contribution in [0.2, 0.25) is 0 Å². The van der Waals surface area contributed by atoms with Crippen LogP contribution < -0.4 is 4.90 Å². The highest BCUT2D eigenvalue weighted by molar-refractivity contribution is 6.17. The van der Waals surface area contributed by atoms with Crippen molar-refractivity contribution in [2.45, 2.75) is 18.9 Å². The van der Waals surface area contributed by atoms with Crippen molar-refractivity contribution in [3.05, 3.63) is 24.3 Å². The highest BCUT2D eigenvalue weighted by Gasteiger charge is 2.22. The van der Waals surface area contributed by atoms with Crippen LogP contribution in [-0.2, 0) is 4.74 Å². The van der Waals surface area contributed by atoms with Crippen molar-refractivity contribution >= 4 is 28.7 Å². The second kappa shape index (κ2) is 5.80. The number of piperidine rings is 1. The van der Waals surface area contributed by atoms with E-state index in [4.69, 9.17) is 20.8 Å². The zero-order valence-corrected chi connectivity index (χ0v) is 11.5. The summed E-state index contributed by atoms with van der Waals surface area (Å²) in [4.78, 5) is 6.70. The third-order valence-electron chi connectivity index (χ3n) is 3.43. The van der Waals surface area contributed by atoms with Crippen LogP contribution in [0.1, 0.15) is 12.8 Å². The number of para-hydroxylation sites is 2. The fourth-order valence-corrected chi connectivity index (χ4v) is 2.51. The van der Waals surface area contributed by atoms with Gasteiger partial charge in [0.1, 0.15) is 5.52 Å². The Morgan fingerprint density at radius 3 is 2.84 bits per heavy atom. The minimum atomic E-state index is 0.319. The maximum absolute atomic E-state index is 5.78. The van der Waals surface area contributed by atoms with E-state index in [-0.39, 0.29) is 0 Å². The number of hydrogen-bond donors (Lipinski definition) is 0. The summed E-state index contributed by atoms with van der Waals surface area (Å²) in [6, 6.07) is 8.57. The minimum absolute atomic E-state index is 0.319. The van der Waals surface area contributed by atoms with Gasteiger partial charge in [0.15, 0.2) is 5.58 Å². The van der Waals surface area contributed by atoms with Crippen LogP contribution in [0, 0.1) is 0 Å². The normalized spacial score (nSPS) is 17.2. The summed E-state index contributed by atoms with van der Waals surface area (Å²) in [5, 5.41) is 0. The summed E-state index contributed by atoms with van der Waals surface area (Å²) in [5.41, 5.74) is 1.76. The summed E-state index contributed by atoms with van der Waals surface area (Å²) < 4.78 is 11.4. The lowest BCUT2D eigenvalue weighted by atomic mass is 10.1. The number of hydrogen-bond acceptors (Lipinski definition) is 4. The molecule has 102 valence electrons. The molecule has 2 heterocycles. The molecular weight excluding hydrogens is 264 g/mol. The highest BCUT2D eigenvalue weighted by Crippen LogP contribution is 2.25. The Morgan fingerprint density at radius 2 is 2.11 bits per heavy atom. The monoisotopic (exact) mass is 280 g/mol. The number of nitrogens with zero attached hydrogens (tertiary/aromatic N) is 2. The first-order valence-corrected chi connectivity index (χ1v) is 7.18. The Labute approximate surface area is 117 Å². The van der Waals surface area contributed by atoms with Gasteiger partial charge < -0.3 is 14.1 Å². The van der Waals surface area contributed by atoms with E-state index in [9.17, 15) is 0 Å². The molecule has 2 aromatic rings. The van der Waals surface area contributed by atoms with Crippen LogP contribution in [0.15, 0.2) is 28.7 Å². The maximum Gasteiger partial charge on any atom is 0.298 e.